The van der Waals surface area contributed by atoms with Gasteiger partial charge < -0.3 is 35.0 Å². The number of hydrogen-bond acceptors (Lipinski definition) is 11. The molecule has 7 atom stereocenters. The van der Waals surface area contributed by atoms with Crippen molar-refractivity contribution < 1.29 is 59.0 Å². The summed E-state index contributed by atoms with van der Waals surface area (Å²) >= 11 is 0. The molecule has 0 aromatic heterocycles. The number of carbonyl (C=O) groups is 5. The summed E-state index contributed by atoms with van der Waals surface area (Å²) in [6.07, 6.45) is -0.335. The Morgan fingerprint density at radius 3 is 2.15 bits per heavy atom. The number of phenols is 1. The van der Waals surface area contributed by atoms with Crippen LogP contribution in [0.5, 0.6) is 11.5 Å². The van der Waals surface area contributed by atoms with Crippen molar-refractivity contribution >= 4 is 29.7 Å². The molecule has 2 aromatic rings. The predicted molar refractivity (Wildman–Crippen MR) is 162 cm³/mol. The molecule has 5 N–H and O–H groups in total. The number of benzene rings is 2. The molecule has 3 aliphatic carbocycles. The first-order valence-electron chi connectivity index (χ1n) is 16.1. The zero-order valence-corrected chi connectivity index (χ0v) is 26.1. The van der Waals surface area contributed by atoms with E-state index in [4.69, 9.17) is 29.9 Å². The number of aliphatic hydroxyl groups is 2. The maximum atomic E-state index is 13.6. The van der Waals surface area contributed by atoms with Crippen LogP contribution in [0.3, 0.4) is 0 Å². The number of nitrogens with zero attached hydrogens (tertiary/aromatic N) is 2. The van der Waals surface area contributed by atoms with Gasteiger partial charge in [0.2, 0.25) is 0 Å². The molecule has 3 heterocycles. The number of aromatic hydroxyl groups is 1. The van der Waals surface area contributed by atoms with Crippen LogP contribution in [0.15, 0.2) is 36.4 Å². The molecule has 2 bridgehead atoms. The third-order valence-corrected chi connectivity index (χ3v) is 11.0. The number of fused-ring (bicyclic) bond motifs is 1. The molecule has 8 rings (SSSR count). The van der Waals surface area contributed by atoms with E-state index >= 15 is 0 Å². The second kappa shape index (κ2) is 11.3. The maximum Gasteiger partial charge on any atom is 0.335 e. The third kappa shape index (κ3) is 4.53. The van der Waals surface area contributed by atoms with Crippen LogP contribution >= 0.6 is 0 Å². The Morgan fingerprint density at radius 2 is 1.58 bits per heavy atom. The first kappa shape index (κ1) is 32.0. The molecule has 14 heteroatoms. The fourth-order valence-electron chi connectivity index (χ4n) is 8.93. The highest BCUT2D eigenvalue weighted by Gasteiger charge is 2.76. The molecule has 3 aliphatic heterocycles. The number of imide groups is 1. The highest BCUT2D eigenvalue weighted by Crippen LogP contribution is 2.67. The van der Waals surface area contributed by atoms with Gasteiger partial charge in [0.25, 0.3) is 11.8 Å². The molecule has 3 unspecified atom stereocenters. The number of aliphatic hydroxyl groups excluding tert-OH is 2. The number of carbonyl (C=O) groups excluding carboxylic acids is 3. The average Bonchev–Trinajstić information content (AvgIpc) is 3.74. The molecular weight excluding hydrogens is 628 g/mol. The van der Waals surface area contributed by atoms with Gasteiger partial charge >= 0.3 is 17.9 Å². The molecule has 3 fully saturated rings. The minimum Gasteiger partial charge on any atom is -0.504 e. The van der Waals surface area contributed by atoms with Gasteiger partial charge in [-0.25, -0.2) is 9.59 Å². The molecule has 254 valence electrons. The number of esters is 1. The summed E-state index contributed by atoms with van der Waals surface area (Å²) in [5.74, 6) is -3.35. The van der Waals surface area contributed by atoms with Crippen molar-refractivity contribution in [2.75, 3.05) is 13.1 Å². The molecule has 48 heavy (non-hydrogen) atoms. The number of carboxylic acids is 2. The molecule has 14 nitrogen and oxygen atoms in total. The predicted octanol–water partition coefficient (Wildman–Crippen LogP) is 1.07. The van der Waals surface area contributed by atoms with Crippen LogP contribution in [0.4, 0.5) is 0 Å². The Morgan fingerprint density at radius 1 is 0.958 bits per heavy atom. The molecule has 1 spiro atoms. The van der Waals surface area contributed by atoms with E-state index in [0.29, 0.717) is 48.5 Å². The topological polar surface area (TPSA) is 211 Å². The lowest BCUT2D eigenvalue weighted by molar-refractivity contribution is -0.221. The summed E-state index contributed by atoms with van der Waals surface area (Å²) in [6, 6.07) is 10.0. The molecule has 1 saturated heterocycles. The first-order valence-corrected chi connectivity index (χ1v) is 16.1. The van der Waals surface area contributed by atoms with Crippen LogP contribution in [0.2, 0.25) is 0 Å². The zero-order valence-electron chi connectivity index (χ0n) is 26.1. The summed E-state index contributed by atoms with van der Waals surface area (Å²) in [7, 11) is 0. The summed E-state index contributed by atoms with van der Waals surface area (Å²) in [5, 5.41) is 43.5. The van der Waals surface area contributed by atoms with E-state index < -0.39 is 47.3 Å². The van der Waals surface area contributed by atoms with Gasteiger partial charge in [0.05, 0.1) is 28.6 Å². The van der Waals surface area contributed by atoms with Gasteiger partial charge in [0.1, 0.15) is 11.7 Å². The number of phenolic OH excluding ortho intramolecular Hbond substituents is 1. The van der Waals surface area contributed by atoms with Crippen LogP contribution < -0.4 is 4.74 Å². The Hall–Kier alpha value is -4.53. The van der Waals surface area contributed by atoms with Crippen molar-refractivity contribution in [2.24, 2.45) is 5.92 Å². The Kier molecular flexibility index (Phi) is 7.53. The SMILES string of the molecule is CC(=O)OC12CC[C@@H](N3C(=O)c4ccccc4C3=O)[C@@H]3Oc4c(O)ccc5c4[C@@]31CCN(CC1CC1)[C@@H]2C5.O=C(O)C(O)C(O)C(=O)O. The van der Waals surface area contributed by atoms with E-state index in [1.54, 1.807) is 30.3 Å². The smallest absolute Gasteiger partial charge is 0.335 e. The van der Waals surface area contributed by atoms with Crippen molar-refractivity contribution in [3.8, 4) is 11.5 Å². The van der Waals surface area contributed by atoms with Gasteiger partial charge in [-0.1, -0.05) is 18.2 Å². The number of aliphatic carboxylic acids is 2. The summed E-state index contributed by atoms with van der Waals surface area (Å²) in [6.45, 7) is 3.26. The average molecular weight is 665 g/mol. The van der Waals surface area contributed by atoms with E-state index in [1.807, 2.05) is 6.07 Å². The Labute approximate surface area is 274 Å². The number of carboxylic acid groups (broad SMARTS) is 2. The summed E-state index contributed by atoms with van der Waals surface area (Å²) in [5.41, 5.74) is 1.20. The van der Waals surface area contributed by atoms with Crippen LogP contribution in [0, 0.1) is 5.92 Å². The number of ether oxygens (including phenoxy) is 2. The fraction of sp³-hybridized carbons (Fsp3) is 0.500. The van der Waals surface area contributed by atoms with Gasteiger partial charge in [-0.2, -0.15) is 0 Å². The van der Waals surface area contributed by atoms with Crippen molar-refractivity contribution in [1.29, 1.82) is 0 Å². The van der Waals surface area contributed by atoms with Crippen molar-refractivity contribution in [1.82, 2.24) is 9.80 Å². The van der Waals surface area contributed by atoms with Gasteiger partial charge in [-0.3, -0.25) is 24.2 Å². The van der Waals surface area contributed by atoms with Crippen LogP contribution in [-0.2, 0) is 31.0 Å². The van der Waals surface area contributed by atoms with E-state index in [1.165, 1.54) is 24.7 Å². The number of rotatable bonds is 7. The number of amides is 2. The lowest BCUT2D eigenvalue weighted by Gasteiger charge is -2.65. The van der Waals surface area contributed by atoms with E-state index in [-0.39, 0.29) is 29.6 Å². The Bertz CT molecular complexity index is 1690. The fourth-order valence-corrected chi connectivity index (χ4v) is 8.93. The highest BCUT2D eigenvalue weighted by atomic mass is 16.6. The minimum absolute atomic E-state index is 0.0297. The van der Waals surface area contributed by atoms with Crippen molar-refractivity contribution in [2.45, 2.75) is 86.9 Å². The summed E-state index contributed by atoms with van der Waals surface area (Å²) in [4.78, 5) is 63.4. The largest absolute Gasteiger partial charge is 0.504 e. The zero-order chi connectivity index (χ0) is 34.3. The van der Waals surface area contributed by atoms with E-state index in [2.05, 4.69) is 4.90 Å². The lowest BCUT2D eigenvalue weighted by atomic mass is 9.48. The first-order chi connectivity index (χ1) is 22.8. The summed E-state index contributed by atoms with van der Waals surface area (Å²) < 4.78 is 13.1. The monoisotopic (exact) mass is 664 g/mol. The Balaban J connectivity index is 0.000000320. The number of likely N-dealkylation sites (tertiary alicyclic amines) is 1. The maximum absolute atomic E-state index is 13.6. The van der Waals surface area contributed by atoms with Crippen LogP contribution in [0.25, 0.3) is 0 Å². The van der Waals surface area contributed by atoms with Gasteiger partial charge in [-0.15, -0.1) is 0 Å². The molecule has 2 aromatic carbocycles. The van der Waals surface area contributed by atoms with Gasteiger partial charge in [0.15, 0.2) is 23.7 Å². The molecule has 2 amide bonds. The van der Waals surface area contributed by atoms with Gasteiger partial charge in [-0.05, 0) is 74.8 Å². The quantitative estimate of drug-likeness (QED) is 0.207. The standard InChI is InChI=1S/C30H30N2O6.C4H6O6/c1-16(33)38-30-11-10-21(32-27(35)19-4-2-3-5-20(19)28(32)36)26-29(30)12-13-31(15-17-6-7-17)23(30)14-18-8-9-22(34)25(37-26)24(18)29;5-1(3(7)8)2(6)4(9)10/h2-5,8-9,17,21,23,26,34H,6-7,10-15H2,1H3;1-2,5-6H,(H,7,8)(H,9,10)/t21-,23-,26+,29+,30?;/m1./s1. The molecule has 2 saturated carbocycles. The highest BCUT2D eigenvalue weighted by molar-refractivity contribution is 6.21. The van der Waals surface area contributed by atoms with E-state index in [9.17, 15) is 29.1 Å². The second-order valence-electron chi connectivity index (χ2n) is 13.5. The van der Waals surface area contributed by atoms with E-state index in [0.717, 1.165) is 24.2 Å². The number of hydrogen-bond donors (Lipinski definition) is 5. The third-order valence-electron chi connectivity index (χ3n) is 11.0. The van der Waals surface area contributed by atoms with Crippen LogP contribution in [-0.4, -0.2) is 114 Å². The lowest BCUT2D eigenvalue weighted by Crippen LogP contribution is -2.79. The number of piperidine rings is 1. The normalized spacial score (nSPS) is 30.6. The van der Waals surface area contributed by atoms with Crippen molar-refractivity contribution in [3.63, 3.8) is 0 Å². The molecule has 0 radical (unpaired) electrons. The second-order valence-corrected chi connectivity index (χ2v) is 13.5. The van der Waals surface area contributed by atoms with Crippen molar-refractivity contribution in [3.05, 3.63) is 58.7 Å². The van der Waals surface area contributed by atoms with Gasteiger partial charge in [0, 0.05) is 19.0 Å². The molecule has 6 aliphatic rings. The molecular formula is C34H36N2O12. The minimum atomic E-state index is -2.27. The van der Waals surface area contributed by atoms with Crippen LogP contribution in [0.1, 0.15) is 70.9 Å².